The van der Waals surface area contributed by atoms with Gasteiger partial charge in [0.15, 0.2) is 0 Å². The highest BCUT2D eigenvalue weighted by molar-refractivity contribution is 5.81. The molecule has 0 amide bonds. The summed E-state index contributed by atoms with van der Waals surface area (Å²) >= 11 is 0. The fourth-order valence-electron chi connectivity index (χ4n) is 2.84. The Hall–Kier alpha value is -0.410. The molecule has 2 aliphatic rings. The molecule has 2 aliphatic heterocycles. The Balaban J connectivity index is 1.74. The topological polar surface area (TPSA) is 32.3 Å². The molecule has 92 valence electrons. The summed E-state index contributed by atoms with van der Waals surface area (Å²) in [7, 11) is 2.14. The molecule has 0 aromatic heterocycles. The maximum atomic E-state index is 12.1. The van der Waals surface area contributed by atoms with E-state index in [1.54, 1.807) is 0 Å². The Morgan fingerprint density at radius 3 is 2.62 bits per heavy atom. The van der Waals surface area contributed by atoms with E-state index in [4.69, 9.17) is 0 Å². The molecule has 3 nitrogen and oxygen atoms in total. The van der Waals surface area contributed by atoms with Crippen LogP contribution in [0.15, 0.2) is 0 Å². The predicted octanol–water partition coefficient (Wildman–Crippen LogP) is 1.43. The molecule has 1 N–H and O–H groups in total. The Morgan fingerprint density at radius 2 is 2.00 bits per heavy atom. The molecule has 2 fully saturated rings. The van der Waals surface area contributed by atoms with Crippen molar-refractivity contribution in [2.75, 3.05) is 26.7 Å². The van der Waals surface area contributed by atoms with E-state index in [1.807, 2.05) is 0 Å². The Morgan fingerprint density at radius 1 is 1.25 bits per heavy atom. The van der Waals surface area contributed by atoms with Crippen LogP contribution in [0.25, 0.3) is 0 Å². The highest BCUT2D eigenvalue weighted by Crippen LogP contribution is 2.20. The first-order valence-corrected chi connectivity index (χ1v) is 6.70. The molecule has 0 spiro atoms. The van der Waals surface area contributed by atoms with Gasteiger partial charge >= 0.3 is 0 Å². The van der Waals surface area contributed by atoms with Gasteiger partial charge in [-0.1, -0.05) is 6.42 Å². The van der Waals surface area contributed by atoms with Gasteiger partial charge in [0, 0.05) is 18.4 Å². The zero-order chi connectivity index (χ0) is 11.4. The van der Waals surface area contributed by atoms with Crippen LogP contribution in [0.4, 0.5) is 0 Å². The lowest BCUT2D eigenvalue weighted by molar-refractivity contribution is -0.124. The van der Waals surface area contributed by atoms with Crippen LogP contribution >= 0.6 is 0 Å². The van der Waals surface area contributed by atoms with E-state index < -0.39 is 0 Å². The minimum absolute atomic E-state index is 0.347. The maximum absolute atomic E-state index is 12.1. The molecule has 1 unspecified atom stereocenters. The highest BCUT2D eigenvalue weighted by atomic mass is 16.1. The zero-order valence-corrected chi connectivity index (χ0v) is 10.4. The molecule has 2 rings (SSSR count). The van der Waals surface area contributed by atoms with E-state index in [0.29, 0.717) is 17.7 Å². The van der Waals surface area contributed by atoms with Crippen LogP contribution in [-0.4, -0.2) is 43.4 Å². The first-order chi connectivity index (χ1) is 7.75. The number of piperidine rings is 2. The van der Waals surface area contributed by atoms with Crippen molar-refractivity contribution in [1.29, 1.82) is 0 Å². The van der Waals surface area contributed by atoms with Gasteiger partial charge in [-0.2, -0.15) is 0 Å². The highest BCUT2D eigenvalue weighted by Gasteiger charge is 2.25. The number of Topliss-reactive ketones (excluding diaryl/α,β-unsaturated/α-hetero) is 1. The van der Waals surface area contributed by atoms with Crippen LogP contribution in [0.1, 0.15) is 38.5 Å². The standard InChI is InChI=1S/C13H24N2O/c1-15-8-5-11(6-9-15)13(16)10-12-4-2-3-7-14-12/h11-12,14H,2-10H2,1H3. The smallest absolute Gasteiger partial charge is 0.137 e. The summed E-state index contributed by atoms with van der Waals surface area (Å²) in [5.74, 6) is 0.854. The number of ketones is 1. The van der Waals surface area contributed by atoms with Crippen LogP contribution in [0.3, 0.4) is 0 Å². The number of rotatable bonds is 3. The molecule has 16 heavy (non-hydrogen) atoms. The summed E-state index contributed by atoms with van der Waals surface area (Å²) in [6.07, 6.45) is 6.67. The summed E-state index contributed by atoms with van der Waals surface area (Å²) < 4.78 is 0. The number of nitrogens with one attached hydrogen (secondary N) is 1. The van der Waals surface area contributed by atoms with E-state index in [0.717, 1.165) is 38.9 Å². The van der Waals surface area contributed by atoms with E-state index in [9.17, 15) is 4.79 Å². The zero-order valence-electron chi connectivity index (χ0n) is 10.4. The van der Waals surface area contributed by atoms with Gasteiger partial charge in [-0.25, -0.2) is 0 Å². The van der Waals surface area contributed by atoms with Gasteiger partial charge in [0.1, 0.15) is 5.78 Å². The second-order valence-corrected chi connectivity index (χ2v) is 5.39. The van der Waals surface area contributed by atoms with Gasteiger partial charge < -0.3 is 10.2 Å². The summed E-state index contributed by atoms with van der Waals surface area (Å²) in [6.45, 7) is 3.29. The van der Waals surface area contributed by atoms with Gasteiger partial charge in [-0.3, -0.25) is 4.79 Å². The average molecular weight is 224 g/mol. The fourth-order valence-corrected chi connectivity index (χ4v) is 2.84. The van der Waals surface area contributed by atoms with Gasteiger partial charge in [0.2, 0.25) is 0 Å². The number of hydrogen-bond donors (Lipinski definition) is 1. The summed E-state index contributed by atoms with van der Waals surface area (Å²) in [4.78, 5) is 14.4. The van der Waals surface area contributed by atoms with Crippen molar-refractivity contribution in [1.82, 2.24) is 10.2 Å². The third-order valence-corrected chi connectivity index (χ3v) is 4.03. The quantitative estimate of drug-likeness (QED) is 0.787. The Bertz CT molecular complexity index is 228. The molecular formula is C13H24N2O. The summed E-state index contributed by atoms with van der Waals surface area (Å²) in [5, 5.41) is 3.47. The number of nitrogens with zero attached hydrogens (tertiary/aromatic N) is 1. The second kappa shape index (κ2) is 5.78. The molecule has 0 aliphatic carbocycles. The van der Waals surface area contributed by atoms with Gasteiger partial charge in [-0.05, 0) is 52.4 Å². The molecule has 0 aromatic rings. The maximum Gasteiger partial charge on any atom is 0.137 e. The number of hydrogen-bond acceptors (Lipinski definition) is 3. The largest absolute Gasteiger partial charge is 0.314 e. The third-order valence-electron chi connectivity index (χ3n) is 4.03. The fraction of sp³-hybridized carbons (Fsp3) is 0.923. The lowest BCUT2D eigenvalue weighted by atomic mass is 9.88. The van der Waals surface area contributed by atoms with Crippen molar-refractivity contribution in [3.05, 3.63) is 0 Å². The number of carbonyl (C=O) groups is 1. The molecule has 1 atom stereocenters. The molecule has 0 saturated carbocycles. The van der Waals surface area contributed by atoms with Crippen molar-refractivity contribution in [3.63, 3.8) is 0 Å². The van der Waals surface area contributed by atoms with E-state index in [1.165, 1.54) is 19.3 Å². The minimum Gasteiger partial charge on any atom is -0.314 e. The molecule has 0 aromatic carbocycles. The van der Waals surface area contributed by atoms with Crippen LogP contribution in [0, 0.1) is 5.92 Å². The predicted molar refractivity (Wildman–Crippen MR) is 65.5 cm³/mol. The van der Waals surface area contributed by atoms with Crippen LogP contribution < -0.4 is 5.32 Å². The van der Waals surface area contributed by atoms with Gasteiger partial charge in [0.05, 0.1) is 0 Å². The first-order valence-electron chi connectivity index (χ1n) is 6.70. The Labute approximate surface area is 98.6 Å². The molecule has 0 bridgehead atoms. The monoisotopic (exact) mass is 224 g/mol. The van der Waals surface area contributed by atoms with E-state index in [-0.39, 0.29) is 0 Å². The van der Waals surface area contributed by atoms with E-state index in [2.05, 4.69) is 17.3 Å². The van der Waals surface area contributed by atoms with Crippen LogP contribution in [0.5, 0.6) is 0 Å². The minimum atomic E-state index is 0.347. The molecule has 3 heteroatoms. The Kier molecular flexibility index (Phi) is 4.36. The second-order valence-electron chi connectivity index (χ2n) is 5.39. The SMILES string of the molecule is CN1CCC(C(=O)CC2CCCCN2)CC1. The normalized spacial score (nSPS) is 29.2. The molecule has 2 saturated heterocycles. The average Bonchev–Trinajstić information content (AvgIpc) is 2.31. The molecule has 0 radical (unpaired) electrons. The van der Waals surface area contributed by atoms with Crippen LogP contribution in [0.2, 0.25) is 0 Å². The van der Waals surface area contributed by atoms with Crippen molar-refractivity contribution in [3.8, 4) is 0 Å². The summed E-state index contributed by atoms with van der Waals surface area (Å²) in [5.41, 5.74) is 0. The van der Waals surface area contributed by atoms with Crippen LogP contribution in [-0.2, 0) is 4.79 Å². The summed E-state index contributed by atoms with van der Waals surface area (Å²) in [6, 6.07) is 0.473. The van der Waals surface area contributed by atoms with Crippen molar-refractivity contribution < 1.29 is 4.79 Å². The first kappa shape index (κ1) is 12.1. The lowest BCUT2D eigenvalue weighted by Crippen LogP contribution is -2.39. The number of likely N-dealkylation sites (tertiary alicyclic amines) is 1. The lowest BCUT2D eigenvalue weighted by Gasteiger charge is -2.30. The molecule has 2 heterocycles. The van der Waals surface area contributed by atoms with E-state index >= 15 is 0 Å². The van der Waals surface area contributed by atoms with Crippen molar-refractivity contribution >= 4 is 5.78 Å². The molecular weight excluding hydrogens is 200 g/mol. The number of carbonyl (C=O) groups excluding carboxylic acids is 1. The third kappa shape index (κ3) is 3.29. The van der Waals surface area contributed by atoms with Crippen molar-refractivity contribution in [2.45, 2.75) is 44.6 Å². The van der Waals surface area contributed by atoms with Gasteiger partial charge in [-0.15, -0.1) is 0 Å². The van der Waals surface area contributed by atoms with Crippen molar-refractivity contribution in [2.24, 2.45) is 5.92 Å². The van der Waals surface area contributed by atoms with Gasteiger partial charge in [0.25, 0.3) is 0 Å².